The van der Waals surface area contributed by atoms with Gasteiger partial charge in [-0.3, -0.25) is 4.79 Å². The SMILES string of the molecule is COc1ccc(C(=O)c2ccc(OCC(=O)O)cc2)c(OC)c1. The maximum Gasteiger partial charge on any atom is 0.341 e. The predicted octanol–water partition coefficient (Wildman–Crippen LogP) is 2.40. The summed E-state index contributed by atoms with van der Waals surface area (Å²) in [5, 5.41) is 8.56. The summed E-state index contributed by atoms with van der Waals surface area (Å²) in [5.41, 5.74) is 0.851. The lowest BCUT2D eigenvalue weighted by molar-refractivity contribution is -0.139. The van der Waals surface area contributed by atoms with Crippen LogP contribution >= 0.6 is 0 Å². The largest absolute Gasteiger partial charge is 0.497 e. The van der Waals surface area contributed by atoms with Crippen LogP contribution in [-0.2, 0) is 4.79 Å². The standard InChI is InChI=1S/C17H16O6/c1-21-13-7-8-14(15(9-13)22-2)17(20)11-3-5-12(6-4-11)23-10-16(18)19/h3-9H,10H2,1-2H3,(H,18,19). The molecule has 2 aromatic carbocycles. The molecule has 0 amide bonds. The molecule has 0 heterocycles. The number of carboxylic acids is 1. The zero-order valence-electron chi connectivity index (χ0n) is 12.7. The van der Waals surface area contributed by atoms with Crippen LogP contribution in [0.3, 0.4) is 0 Å². The maximum absolute atomic E-state index is 12.5. The third kappa shape index (κ3) is 4.00. The summed E-state index contributed by atoms with van der Waals surface area (Å²) in [6, 6.07) is 11.2. The van der Waals surface area contributed by atoms with Gasteiger partial charge in [-0.05, 0) is 36.4 Å². The Balaban J connectivity index is 2.21. The van der Waals surface area contributed by atoms with Crippen molar-refractivity contribution in [1.29, 1.82) is 0 Å². The molecular weight excluding hydrogens is 300 g/mol. The number of carboxylic acid groups (broad SMARTS) is 1. The highest BCUT2D eigenvalue weighted by Crippen LogP contribution is 2.27. The van der Waals surface area contributed by atoms with Gasteiger partial charge in [0.2, 0.25) is 0 Å². The van der Waals surface area contributed by atoms with Crippen molar-refractivity contribution in [2.45, 2.75) is 0 Å². The van der Waals surface area contributed by atoms with E-state index in [1.165, 1.54) is 14.2 Å². The molecule has 0 aliphatic carbocycles. The summed E-state index contributed by atoms with van der Waals surface area (Å²) >= 11 is 0. The first-order valence-electron chi connectivity index (χ1n) is 6.76. The van der Waals surface area contributed by atoms with Crippen molar-refractivity contribution in [1.82, 2.24) is 0 Å². The first-order chi connectivity index (χ1) is 11.0. The number of carbonyl (C=O) groups excluding carboxylic acids is 1. The molecule has 0 fully saturated rings. The van der Waals surface area contributed by atoms with Gasteiger partial charge in [0, 0.05) is 11.6 Å². The lowest BCUT2D eigenvalue weighted by Crippen LogP contribution is -2.09. The Labute approximate surface area is 133 Å². The van der Waals surface area contributed by atoms with Crippen LogP contribution in [0.15, 0.2) is 42.5 Å². The molecule has 0 unspecified atom stereocenters. The van der Waals surface area contributed by atoms with Crippen molar-refractivity contribution < 1.29 is 28.9 Å². The van der Waals surface area contributed by atoms with Gasteiger partial charge in [-0.2, -0.15) is 0 Å². The van der Waals surface area contributed by atoms with Crippen molar-refractivity contribution in [3.63, 3.8) is 0 Å². The number of hydrogen-bond donors (Lipinski definition) is 1. The molecule has 6 heteroatoms. The topological polar surface area (TPSA) is 82.1 Å². The van der Waals surface area contributed by atoms with E-state index < -0.39 is 12.6 Å². The van der Waals surface area contributed by atoms with Crippen LogP contribution in [-0.4, -0.2) is 37.7 Å². The third-order valence-electron chi connectivity index (χ3n) is 3.13. The van der Waals surface area contributed by atoms with Crippen LogP contribution in [0.1, 0.15) is 15.9 Å². The Hall–Kier alpha value is -3.02. The van der Waals surface area contributed by atoms with Crippen LogP contribution < -0.4 is 14.2 Å². The summed E-state index contributed by atoms with van der Waals surface area (Å²) in [4.78, 5) is 23.0. The van der Waals surface area contributed by atoms with Gasteiger partial charge in [0.1, 0.15) is 17.2 Å². The van der Waals surface area contributed by atoms with Crippen molar-refractivity contribution in [2.24, 2.45) is 0 Å². The highest BCUT2D eigenvalue weighted by atomic mass is 16.5. The lowest BCUT2D eigenvalue weighted by Gasteiger charge is -2.10. The van der Waals surface area contributed by atoms with E-state index in [4.69, 9.17) is 19.3 Å². The summed E-state index contributed by atoms with van der Waals surface area (Å²) < 4.78 is 15.4. The number of ether oxygens (including phenoxy) is 3. The van der Waals surface area contributed by atoms with Crippen LogP contribution in [0, 0.1) is 0 Å². The quantitative estimate of drug-likeness (QED) is 0.790. The second kappa shape index (κ2) is 7.31. The van der Waals surface area contributed by atoms with Gasteiger partial charge < -0.3 is 19.3 Å². The lowest BCUT2D eigenvalue weighted by atomic mass is 10.0. The molecule has 0 aliphatic rings. The molecule has 0 aliphatic heterocycles. The summed E-state index contributed by atoms with van der Waals surface area (Å²) in [6.45, 7) is -0.431. The molecule has 0 radical (unpaired) electrons. The summed E-state index contributed by atoms with van der Waals surface area (Å²) in [5.74, 6) is 0.115. The molecule has 23 heavy (non-hydrogen) atoms. The van der Waals surface area contributed by atoms with Crippen molar-refractivity contribution >= 4 is 11.8 Å². The fourth-order valence-electron chi connectivity index (χ4n) is 1.99. The third-order valence-corrected chi connectivity index (χ3v) is 3.13. The minimum absolute atomic E-state index is 0.214. The highest BCUT2D eigenvalue weighted by molar-refractivity contribution is 6.10. The van der Waals surface area contributed by atoms with E-state index in [0.29, 0.717) is 28.4 Å². The van der Waals surface area contributed by atoms with Gasteiger partial charge in [-0.15, -0.1) is 0 Å². The predicted molar refractivity (Wildman–Crippen MR) is 82.6 cm³/mol. The van der Waals surface area contributed by atoms with E-state index in [1.807, 2.05) is 0 Å². The Morgan fingerprint density at radius 2 is 1.61 bits per heavy atom. The number of carbonyl (C=O) groups is 2. The number of aliphatic carboxylic acids is 1. The number of benzene rings is 2. The Morgan fingerprint density at radius 3 is 2.17 bits per heavy atom. The van der Waals surface area contributed by atoms with Crippen LogP contribution in [0.5, 0.6) is 17.2 Å². The molecule has 2 rings (SSSR count). The van der Waals surface area contributed by atoms with E-state index in [0.717, 1.165) is 0 Å². The van der Waals surface area contributed by atoms with E-state index in [9.17, 15) is 9.59 Å². The molecule has 0 atom stereocenters. The van der Waals surface area contributed by atoms with Gasteiger partial charge in [0.05, 0.1) is 19.8 Å². The van der Waals surface area contributed by atoms with Gasteiger partial charge in [-0.1, -0.05) is 0 Å². The van der Waals surface area contributed by atoms with E-state index in [1.54, 1.807) is 42.5 Å². The van der Waals surface area contributed by atoms with E-state index >= 15 is 0 Å². The zero-order valence-corrected chi connectivity index (χ0v) is 12.7. The smallest absolute Gasteiger partial charge is 0.341 e. The maximum atomic E-state index is 12.5. The molecule has 0 spiro atoms. The monoisotopic (exact) mass is 316 g/mol. The number of hydrogen-bond acceptors (Lipinski definition) is 5. The summed E-state index contributed by atoms with van der Waals surface area (Å²) in [7, 11) is 3.01. The Morgan fingerprint density at radius 1 is 0.957 bits per heavy atom. The molecule has 0 saturated heterocycles. The van der Waals surface area contributed by atoms with Gasteiger partial charge >= 0.3 is 5.97 Å². The second-order valence-corrected chi connectivity index (χ2v) is 4.60. The van der Waals surface area contributed by atoms with Gasteiger partial charge in [0.15, 0.2) is 12.4 Å². The second-order valence-electron chi connectivity index (χ2n) is 4.60. The van der Waals surface area contributed by atoms with Crippen LogP contribution in [0.25, 0.3) is 0 Å². The van der Waals surface area contributed by atoms with Crippen molar-refractivity contribution in [3.05, 3.63) is 53.6 Å². The molecule has 0 bridgehead atoms. The fraction of sp³-hybridized carbons (Fsp3) is 0.176. The van der Waals surface area contributed by atoms with E-state index in [-0.39, 0.29) is 5.78 Å². The normalized spacial score (nSPS) is 10.0. The van der Waals surface area contributed by atoms with Gasteiger partial charge in [0.25, 0.3) is 0 Å². The number of ketones is 1. The highest BCUT2D eigenvalue weighted by Gasteiger charge is 2.15. The Bertz CT molecular complexity index is 706. The first-order valence-corrected chi connectivity index (χ1v) is 6.76. The van der Waals surface area contributed by atoms with Crippen LogP contribution in [0.4, 0.5) is 0 Å². The minimum Gasteiger partial charge on any atom is -0.497 e. The average molecular weight is 316 g/mol. The molecule has 0 aromatic heterocycles. The van der Waals surface area contributed by atoms with Crippen molar-refractivity contribution in [3.8, 4) is 17.2 Å². The first kappa shape index (κ1) is 16.4. The number of rotatable bonds is 7. The number of methoxy groups -OCH3 is 2. The molecule has 6 nitrogen and oxygen atoms in total. The fourth-order valence-corrected chi connectivity index (χ4v) is 1.99. The minimum atomic E-state index is -1.06. The Kier molecular flexibility index (Phi) is 5.19. The van der Waals surface area contributed by atoms with Crippen molar-refractivity contribution in [2.75, 3.05) is 20.8 Å². The molecule has 2 aromatic rings. The van der Waals surface area contributed by atoms with Gasteiger partial charge in [-0.25, -0.2) is 4.79 Å². The zero-order chi connectivity index (χ0) is 16.8. The van der Waals surface area contributed by atoms with E-state index in [2.05, 4.69) is 0 Å². The molecular formula is C17H16O6. The molecule has 0 saturated carbocycles. The average Bonchev–Trinajstić information content (AvgIpc) is 2.59. The van der Waals surface area contributed by atoms with Crippen LogP contribution in [0.2, 0.25) is 0 Å². The molecule has 1 N–H and O–H groups in total. The molecule has 120 valence electrons. The summed E-state index contributed by atoms with van der Waals surface area (Å²) in [6.07, 6.45) is 0.